The fourth-order valence-corrected chi connectivity index (χ4v) is 3.46. The van der Waals surface area contributed by atoms with Crippen LogP contribution in [0.5, 0.6) is 5.75 Å². The molecule has 1 atom stereocenters. The van der Waals surface area contributed by atoms with E-state index in [1.807, 2.05) is 61.7 Å². The maximum atomic E-state index is 12.6. The minimum absolute atomic E-state index is 0.127. The lowest BCUT2D eigenvalue weighted by molar-refractivity contribution is -0.115. The van der Waals surface area contributed by atoms with Gasteiger partial charge < -0.3 is 14.5 Å². The SMILES string of the molecule is CCOc1ccccc1NC(=O)C(C)Sc1nnc(-c2ccco2)n1CC. The number of thioether (sulfide) groups is 1. The van der Waals surface area contributed by atoms with Crippen LogP contribution in [0.4, 0.5) is 5.69 Å². The standard InChI is InChI=1S/C19H22N4O3S/c1-4-23-17(16-11-8-12-26-16)21-22-19(23)27-13(3)18(24)20-14-9-6-7-10-15(14)25-5-2/h6-13H,4-5H2,1-3H3,(H,20,24). The van der Waals surface area contributed by atoms with E-state index in [1.165, 1.54) is 11.8 Å². The number of rotatable bonds is 8. The maximum Gasteiger partial charge on any atom is 0.237 e. The lowest BCUT2D eigenvalue weighted by atomic mass is 10.3. The Morgan fingerprint density at radius 2 is 2.07 bits per heavy atom. The molecule has 2 heterocycles. The van der Waals surface area contributed by atoms with E-state index in [4.69, 9.17) is 9.15 Å². The number of hydrogen-bond donors (Lipinski definition) is 1. The quantitative estimate of drug-likeness (QED) is 0.588. The van der Waals surface area contributed by atoms with Crippen molar-refractivity contribution < 1.29 is 13.9 Å². The van der Waals surface area contributed by atoms with Crippen molar-refractivity contribution in [2.24, 2.45) is 0 Å². The Labute approximate surface area is 162 Å². The van der Waals surface area contributed by atoms with E-state index in [9.17, 15) is 4.79 Å². The first-order chi connectivity index (χ1) is 13.1. The van der Waals surface area contributed by atoms with Gasteiger partial charge in [-0.1, -0.05) is 23.9 Å². The van der Waals surface area contributed by atoms with Crippen LogP contribution < -0.4 is 10.1 Å². The molecular formula is C19H22N4O3S. The van der Waals surface area contributed by atoms with Crippen molar-refractivity contribution in [1.82, 2.24) is 14.8 Å². The Morgan fingerprint density at radius 3 is 2.78 bits per heavy atom. The lowest BCUT2D eigenvalue weighted by Gasteiger charge is -2.15. The van der Waals surface area contributed by atoms with E-state index in [0.717, 1.165) is 0 Å². The number of anilines is 1. The van der Waals surface area contributed by atoms with Crippen LogP contribution in [0.25, 0.3) is 11.6 Å². The predicted molar refractivity (Wildman–Crippen MR) is 105 cm³/mol. The van der Waals surface area contributed by atoms with Crippen molar-refractivity contribution in [2.45, 2.75) is 37.7 Å². The maximum absolute atomic E-state index is 12.6. The molecule has 0 aliphatic carbocycles. The second-order valence-corrected chi connectivity index (χ2v) is 7.01. The summed E-state index contributed by atoms with van der Waals surface area (Å²) in [7, 11) is 0. The van der Waals surface area contributed by atoms with Gasteiger partial charge in [0.2, 0.25) is 5.91 Å². The van der Waals surface area contributed by atoms with E-state index < -0.39 is 0 Å². The Morgan fingerprint density at radius 1 is 1.26 bits per heavy atom. The Balaban J connectivity index is 1.72. The molecule has 0 aliphatic rings. The highest BCUT2D eigenvalue weighted by Crippen LogP contribution is 2.29. The number of amides is 1. The molecule has 3 aromatic rings. The molecule has 2 aromatic heterocycles. The van der Waals surface area contributed by atoms with Gasteiger partial charge >= 0.3 is 0 Å². The summed E-state index contributed by atoms with van der Waals surface area (Å²) in [4.78, 5) is 12.6. The summed E-state index contributed by atoms with van der Waals surface area (Å²) in [6.07, 6.45) is 1.60. The van der Waals surface area contributed by atoms with E-state index in [0.29, 0.717) is 41.3 Å². The van der Waals surface area contributed by atoms with Crippen LogP contribution in [0.2, 0.25) is 0 Å². The highest BCUT2D eigenvalue weighted by atomic mass is 32.2. The van der Waals surface area contributed by atoms with Gasteiger partial charge in [-0.3, -0.25) is 9.36 Å². The summed E-state index contributed by atoms with van der Waals surface area (Å²) < 4.78 is 12.9. The van der Waals surface area contributed by atoms with Crippen molar-refractivity contribution >= 4 is 23.4 Å². The van der Waals surface area contributed by atoms with Crippen LogP contribution in [0, 0.1) is 0 Å². The molecule has 0 saturated heterocycles. The average molecular weight is 386 g/mol. The summed E-state index contributed by atoms with van der Waals surface area (Å²) in [5.41, 5.74) is 0.657. The second kappa shape index (κ2) is 8.77. The van der Waals surface area contributed by atoms with Gasteiger partial charge in [-0.25, -0.2) is 0 Å². The molecule has 8 heteroatoms. The van der Waals surface area contributed by atoms with Gasteiger partial charge in [0.25, 0.3) is 0 Å². The fourth-order valence-electron chi connectivity index (χ4n) is 2.55. The highest BCUT2D eigenvalue weighted by molar-refractivity contribution is 8.00. The van der Waals surface area contributed by atoms with Crippen molar-refractivity contribution in [3.05, 3.63) is 42.7 Å². The van der Waals surface area contributed by atoms with Crippen LogP contribution in [-0.4, -0.2) is 32.5 Å². The van der Waals surface area contributed by atoms with Crippen molar-refractivity contribution in [3.63, 3.8) is 0 Å². The highest BCUT2D eigenvalue weighted by Gasteiger charge is 2.21. The molecule has 0 saturated carbocycles. The normalized spacial score (nSPS) is 12.0. The first-order valence-corrected chi connectivity index (χ1v) is 9.68. The van der Waals surface area contributed by atoms with Gasteiger partial charge in [0.1, 0.15) is 5.75 Å². The number of hydrogen-bond acceptors (Lipinski definition) is 6. The summed E-state index contributed by atoms with van der Waals surface area (Å²) in [6.45, 7) is 6.96. The third-order valence-corrected chi connectivity index (χ3v) is 4.95. The minimum atomic E-state index is -0.362. The number of carbonyl (C=O) groups excluding carboxylic acids is 1. The Bertz CT molecular complexity index is 892. The second-order valence-electron chi connectivity index (χ2n) is 5.71. The monoisotopic (exact) mass is 386 g/mol. The zero-order chi connectivity index (χ0) is 19.2. The molecule has 27 heavy (non-hydrogen) atoms. The molecule has 7 nitrogen and oxygen atoms in total. The van der Waals surface area contributed by atoms with Crippen LogP contribution in [0.3, 0.4) is 0 Å². The van der Waals surface area contributed by atoms with Crippen molar-refractivity contribution in [1.29, 1.82) is 0 Å². The van der Waals surface area contributed by atoms with Crippen molar-refractivity contribution in [2.75, 3.05) is 11.9 Å². The van der Waals surface area contributed by atoms with Crippen molar-refractivity contribution in [3.8, 4) is 17.3 Å². The van der Waals surface area contributed by atoms with Crippen LogP contribution in [0.15, 0.2) is 52.2 Å². The van der Waals surface area contributed by atoms with Crippen LogP contribution >= 0.6 is 11.8 Å². The molecule has 0 spiro atoms. The summed E-state index contributed by atoms with van der Waals surface area (Å²) in [5.74, 6) is 1.83. The molecule has 3 rings (SSSR count). The van der Waals surface area contributed by atoms with Crippen LogP contribution in [0.1, 0.15) is 20.8 Å². The zero-order valence-corrected chi connectivity index (χ0v) is 16.3. The van der Waals surface area contributed by atoms with Gasteiger partial charge in [-0.2, -0.15) is 0 Å². The molecule has 1 unspecified atom stereocenters. The largest absolute Gasteiger partial charge is 0.492 e. The zero-order valence-electron chi connectivity index (χ0n) is 15.5. The molecule has 1 N–H and O–H groups in total. The molecule has 0 bridgehead atoms. The molecule has 0 fully saturated rings. The first kappa shape index (κ1) is 19.0. The molecule has 142 valence electrons. The first-order valence-electron chi connectivity index (χ1n) is 8.80. The van der Waals surface area contributed by atoms with Gasteiger partial charge in [-0.05, 0) is 45.0 Å². The van der Waals surface area contributed by atoms with Crippen LogP contribution in [-0.2, 0) is 11.3 Å². The van der Waals surface area contributed by atoms with E-state index in [-0.39, 0.29) is 11.2 Å². The number of ether oxygens (including phenoxy) is 1. The van der Waals surface area contributed by atoms with Gasteiger partial charge in [-0.15, -0.1) is 10.2 Å². The Hall–Kier alpha value is -2.74. The molecule has 1 aromatic carbocycles. The average Bonchev–Trinajstić information content (AvgIpc) is 3.32. The summed E-state index contributed by atoms with van der Waals surface area (Å²) in [5, 5.41) is 11.7. The number of benzene rings is 1. The van der Waals surface area contributed by atoms with E-state index in [2.05, 4.69) is 15.5 Å². The number of furan rings is 1. The van der Waals surface area contributed by atoms with Gasteiger partial charge in [0, 0.05) is 6.54 Å². The Kier molecular flexibility index (Phi) is 6.18. The summed E-state index contributed by atoms with van der Waals surface area (Å²) >= 11 is 1.35. The number of nitrogens with zero attached hydrogens (tertiary/aromatic N) is 3. The number of para-hydroxylation sites is 2. The predicted octanol–water partition coefficient (Wildman–Crippen LogP) is 4.08. The lowest BCUT2D eigenvalue weighted by Crippen LogP contribution is -2.23. The third-order valence-electron chi connectivity index (χ3n) is 3.87. The molecule has 1 amide bonds. The number of aromatic nitrogens is 3. The van der Waals surface area contributed by atoms with Gasteiger partial charge in [0.05, 0.1) is 23.8 Å². The molecule has 0 radical (unpaired) electrons. The molecule has 0 aliphatic heterocycles. The number of nitrogens with one attached hydrogen (secondary N) is 1. The minimum Gasteiger partial charge on any atom is -0.492 e. The topological polar surface area (TPSA) is 82.2 Å². The smallest absolute Gasteiger partial charge is 0.237 e. The third kappa shape index (κ3) is 4.33. The molecular weight excluding hydrogens is 364 g/mol. The number of carbonyl (C=O) groups is 1. The van der Waals surface area contributed by atoms with Gasteiger partial charge in [0.15, 0.2) is 16.7 Å². The van der Waals surface area contributed by atoms with E-state index >= 15 is 0 Å². The fraction of sp³-hybridized carbons (Fsp3) is 0.316. The van der Waals surface area contributed by atoms with E-state index in [1.54, 1.807) is 6.26 Å². The summed E-state index contributed by atoms with van der Waals surface area (Å²) in [6, 6.07) is 11.0.